The van der Waals surface area contributed by atoms with Gasteiger partial charge in [0.05, 0.1) is 11.6 Å². The minimum atomic E-state index is 0.785. The first-order valence-corrected chi connectivity index (χ1v) is 5.33. The molecule has 0 aliphatic heterocycles. The lowest BCUT2D eigenvalue weighted by molar-refractivity contribution is 0.787. The lowest BCUT2D eigenvalue weighted by atomic mass is 9.98. The van der Waals surface area contributed by atoms with Gasteiger partial charge in [-0.05, 0) is 42.5 Å². The van der Waals surface area contributed by atoms with E-state index in [1.807, 2.05) is 12.1 Å². The van der Waals surface area contributed by atoms with Crippen LogP contribution in [0.4, 0.5) is 0 Å². The molecule has 1 aromatic carbocycles. The molecule has 0 saturated heterocycles. The Hall–Kier alpha value is -1.29. The van der Waals surface area contributed by atoms with Gasteiger partial charge in [0.25, 0.3) is 0 Å². The largest absolute Gasteiger partial charge is 0.192 e. The van der Waals surface area contributed by atoms with Gasteiger partial charge in [-0.25, -0.2) is 0 Å². The highest BCUT2D eigenvalue weighted by atomic mass is 14.2. The van der Waals surface area contributed by atoms with Crippen LogP contribution in [0.25, 0.3) is 0 Å². The molecule has 0 aromatic heterocycles. The van der Waals surface area contributed by atoms with Crippen molar-refractivity contribution in [3.05, 3.63) is 34.9 Å². The molecule has 1 heteroatoms. The fraction of sp³-hybridized carbons (Fsp3) is 0.462. The monoisotopic (exact) mass is 187 g/mol. The van der Waals surface area contributed by atoms with Crippen LogP contribution in [-0.2, 0) is 12.8 Å². The van der Waals surface area contributed by atoms with Crippen molar-refractivity contribution in [2.24, 2.45) is 0 Å². The van der Waals surface area contributed by atoms with Gasteiger partial charge in [-0.2, -0.15) is 5.26 Å². The zero-order valence-corrected chi connectivity index (χ0v) is 9.01. The molecule has 0 heterocycles. The summed E-state index contributed by atoms with van der Waals surface area (Å²) in [5.74, 6) is 0. The van der Waals surface area contributed by atoms with Gasteiger partial charge in [0.1, 0.15) is 0 Å². The zero-order chi connectivity index (χ0) is 10.4. The van der Waals surface area contributed by atoms with Crippen LogP contribution in [0.2, 0.25) is 0 Å². The van der Waals surface area contributed by atoms with Crippen molar-refractivity contribution in [2.45, 2.75) is 39.5 Å². The third kappa shape index (κ3) is 2.60. The summed E-state index contributed by atoms with van der Waals surface area (Å²) in [5, 5.41) is 8.80. The Kier molecular flexibility index (Phi) is 4.19. The van der Waals surface area contributed by atoms with E-state index in [0.717, 1.165) is 18.4 Å². The normalized spacial score (nSPS) is 9.79. The van der Waals surface area contributed by atoms with E-state index in [1.54, 1.807) is 0 Å². The highest BCUT2D eigenvalue weighted by molar-refractivity contribution is 5.38. The number of nitriles is 1. The highest BCUT2D eigenvalue weighted by Crippen LogP contribution is 2.15. The van der Waals surface area contributed by atoms with Gasteiger partial charge < -0.3 is 0 Å². The van der Waals surface area contributed by atoms with Gasteiger partial charge in [0.2, 0.25) is 0 Å². The lowest BCUT2D eigenvalue weighted by Gasteiger charge is -2.07. The van der Waals surface area contributed by atoms with Crippen molar-refractivity contribution in [1.29, 1.82) is 5.26 Å². The van der Waals surface area contributed by atoms with Crippen LogP contribution in [0.3, 0.4) is 0 Å². The Morgan fingerprint density at radius 2 is 2.00 bits per heavy atom. The average Bonchev–Trinajstić information content (AvgIpc) is 2.25. The molecule has 0 aliphatic carbocycles. The number of nitrogens with zero attached hydrogens (tertiary/aromatic N) is 1. The van der Waals surface area contributed by atoms with E-state index in [1.165, 1.54) is 24.0 Å². The fourth-order valence-electron chi connectivity index (χ4n) is 1.64. The van der Waals surface area contributed by atoms with Gasteiger partial charge in [0, 0.05) is 0 Å². The second-order valence-electron chi connectivity index (χ2n) is 3.55. The van der Waals surface area contributed by atoms with E-state index < -0.39 is 0 Å². The van der Waals surface area contributed by atoms with E-state index in [9.17, 15) is 0 Å². The van der Waals surface area contributed by atoms with Crippen LogP contribution in [0.15, 0.2) is 18.2 Å². The van der Waals surface area contributed by atoms with Crippen LogP contribution >= 0.6 is 0 Å². The van der Waals surface area contributed by atoms with Gasteiger partial charge in [-0.3, -0.25) is 0 Å². The molecule has 0 spiro atoms. The molecule has 0 radical (unpaired) electrons. The molecule has 14 heavy (non-hydrogen) atoms. The maximum Gasteiger partial charge on any atom is 0.0991 e. The van der Waals surface area contributed by atoms with Crippen molar-refractivity contribution in [3.8, 4) is 6.07 Å². The number of hydrogen-bond donors (Lipinski definition) is 0. The van der Waals surface area contributed by atoms with E-state index >= 15 is 0 Å². The smallest absolute Gasteiger partial charge is 0.0991 e. The molecule has 0 aliphatic rings. The molecule has 0 saturated carbocycles. The summed E-state index contributed by atoms with van der Waals surface area (Å²) in [6.45, 7) is 4.36. The van der Waals surface area contributed by atoms with E-state index in [4.69, 9.17) is 5.26 Å². The van der Waals surface area contributed by atoms with Crippen LogP contribution in [0, 0.1) is 11.3 Å². The Balaban J connectivity index is 2.91. The minimum absolute atomic E-state index is 0.785. The molecule has 74 valence electrons. The predicted octanol–water partition coefficient (Wildman–Crippen LogP) is 3.46. The van der Waals surface area contributed by atoms with Gasteiger partial charge >= 0.3 is 0 Å². The number of unbranched alkanes of at least 4 members (excludes halogenated alkanes) is 1. The third-order valence-electron chi connectivity index (χ3n) is 2.52. The minimum Gasteiger partial charge on any atom is -0.192 e. The molecule has 0 fully saturated rings. The maximum atomic E-state index is 8.80. The molecule has 0 unspecified atom stereocenters. The summed E-state index contributed by atoms with van der Waals surface area (Å²) in [6, 6.07) is 8.23. The first-order chi connectivity index (χ1) is 6.81. The molecule has 1 aromatic rings. The van der Waals surface area contributed by atoms with Crippen LogP contribution in [0.1, 0.15) is 43.4 Å². The van der Waals surface area contributed by atoms with Crippen molar-refractivity contribution in [3.63, 3.8) is 0 Å². The molecule has 1 nitrogen and oxygen atoms in total. The standard InChI is InChI=1S/C13H17N/c1-3-5-6-13-9-11(10-14)7-8-12(13)4-2/h7-9H,3-6H2,1-2H3. The molecule has 0 atom stereocenters. The maximum absolute atomic E-state index is 8.80. The zero-order valence-electron chi connectivity index (χ0n) is 9.01. The number of hydrogen-bond acceptors (Lipinski definition) is 1. The van der Waals surface area contributed by atoms with Crippen LogP contribution in [0.5, 0.6) is 0 Å². The molecule has 0 N–H and O–H groups in total. The molecule has 1 rings (SSSR count). The van der Waals surface area contributed by atoms with Crippen molar-refractivity contribution in [2.75, 3.05) is 0 Å². The Morgan fingerprint density at radius 3 is 2.57 bits per heavy atom. The Bertz CT molecular complexity index is 334. The van der Waals surface area contributed by atoms with Crippen molar-refractivity contribution < 1.29 is 0 Å². The summed E-state index contributed by atoms with van der Waals surface area (Å²) in [7, 11) is 0. The Labute approximate surface area is 86.4 Å². The quantitative estimate of drug-likeness (QED) is 0.708. The van der Waals surface area contributed by atoms with Crippen molar-refractivity contribution >= 4 is 0 Å². The SMILES string of the molecule is CCCCc1cc(C#N)ccc1CC. The topological polar surface area (TPSA) is 23.8 Å². The first kappa shape index (κ1) is 10.8. The Morgan fingerprint density at radius 1 is 1.21 bits per heavy atom. The molecular weight excluding hydrogens is 170 g/mol. The van der Waals surface area contributed by atoms with Gasteiger partial charge in [-0.15, -0.1) is 0 Å². The van der Waals surface area contributed by atoms with Gasteiger partial charge in [0.15, 0.2) is 0 Å². The molecule has 0 amide bonds. The highest BCUT2D eigenvalue weighted by Gasteiger charge is 2.01. The van der Waals surface area contributed by atoms with E-state index in [-0.39, 0.29) is 0 Å². The summed E-state index contributed by atoms with van der Waals surface area (Å²) < 4.78 is 0. The van der Waals surface area contributed by atoms with Gasteiger partial charge in [-0.1, -0.05) is 26.3 Å². The first-order valence-electron chi connectivity index (χ1n) is 5.33. The van der Waals surface area contributed by atoms with E-state index in [0.29, 0.717) is 0 Å². The van der Waals surface area contributed by atoms with Crippen molar-refractivity contribution in [1.82, 2.24) is 0 Å². The third-order valence-corrected chi connectivity index (χ3v) is 2.52. The average molecular weight is 187 g/mol. The molecule has 0 bridgehead atoms. The summed E-state index contributed by atoms with van der Waals surface area (Å²) in [5.41, 5.74) is 3.53. The second kappa shape index (κ2) is 5.44. The predicted molar refractivity (Wildman–Crippen MR) is 59.1 cm³/mol. The summed E-state index contributed by atoms with van der Waals surface area (Å²) >= 11 is 0. The van der Waals surface area contributed by atoms with Crippen LogP contribution in [-0.4, -0.2) is 0 Å². The fourth-order valence-corrected chi connectivity index (χ4v) is 1.64. The second-order valence-corrected chi connectivity index (χ2v) is 3.55. The summed E-state index contributed by atoms with van der Waals surface area (Å²) in [6.07, 6.45) is 4.59. The van der Waals surface area contributed by atoms with Crippen LogP contribution < -0.4 is 0 Å². The number of aryl methyl sites for hydroxylation is 2. The number of rotatable bonds is 4. The number of benzene rings is 1. The van der Waals surface area contributed by atoms with E-state index in [2.05, 4.69) is 26.0 Å². The summed E-state index contributed by atoms with van der Waals surface area (Å²) in [4.78, 5) is 0. The lowest BCUT2D eigenvalue weighted by Crippen LogP contribution is -1.94. The molecular formula is C13H17N.